The number of aromatic hydroxyl groups is 1. The van der Waals surface area contributed by atoms with Crippen molar-refractivity contribution in [2.45, 2.75) is 18.9 Å². The molecule has 3 aromatic carbocycles. The molecular formula is C22H18O4. The number of hydrogen-bond donors (Lipinski definition) is 1. The van der Waals surface area contributed by atoms with Crippen LogP contribution in [0.3, 0.4) is 0 Å². The van der Waals surface area contributed by atoms with Gasteiger partial charge in [-0.3, -0.25) is 4.79 Å². The van der Waals surface area contributed by atoms with Crippen molar-refractivity contribution in [3.63, 3.8) is 0 Å². The van der Waals surface area contributed by atoms with Crippen LogP contribution >= 0.6 is 0 Å². The number of carbonyl (C=O) groups is 1. The molecule has 0 aromatic heterocycles. The van der Waals surface area contributed by atoms with E-state index in [-0.39, 0.29) is 24.1 Å². The Labute approximate surface area is 151 Å². The van der Waals surface area contributed by atoms with Crippen LogP contribution in [-0.4, -0.2) is 11.1 Å². The molecule has 1 unspecified atom stereocenters. The maximum Gasteiger partial charge on any atom is 0.312 e. The number of esters is 1. The first-order chi connectivity index (χ1) is 12.7. The summed E-state index contributed by atoms with van der Waals surface area (Å²) in [5.74, 6) is 0.909. The van der Waals surface area contributed by atoms with Crippen molar-refractivity contribution >= 4 is 5.97 Å². The lowest BCUT2D eigenvalue weighted by molar-refractivity contribution is -0.135. The molecule has 0 bridgehead atoms. The Kier molecular flexibility index (Phi) is 4.32. The van der Waals surface area contributed by atoms with Crippen molar-refractivity contribution < 1.29 is 19.4 Å². The number of phenols is 1. The van der Waals surface area contributed by atoms with Crippen molar-refractivity contribution in [3.05, 3.63) is 89.5 Å². The van der Waals surface area contributed by atoms with Gasteiger partial charge in [-0.15, -0.1) is 0 Å². The number of ether oxygens (including phenoxy) is 2. The Hall–Kier alpha value is -3.27. The van der Waals surface area contributed by atoms with E-state index in [1.807, 2.05) is 60.7 Å². The van der Waals surface area contributed by atoms with E-state index in [0.29, 0.717) is 12.4 Å². The van der Waals surface area contributed by atoms with E-state index in [0.717, 1.165) is 22.4 Å². The summed E-state index contributed by atoms with van der Waals surface area (Å²) in [4.78, 5) is 11.9. The molecule has 1 heterocycles. The van der Waals surface area contributed by atoms with Crippen molar-refractivity contribution in [3.8, 4) is 17.2 Å². The van der Waals surface area contributed by atoms with Gasteiger partial charge in [0.25, 0.3) is 0 Å². The van der Waals surface area contributed by atoms with Gasteiger partial charge in [0.15, 0.2) is 0 Å². The molecule has 0 saturated carbocycles. The molecule has 0 amide bonds. The summed E-state index contributed by atoms with van der Waals surface area (Å²) in [6, 6.07) is 22.7. The molecule has 0 aliphatic carbocycles. The van der Waals surface area contributed by atoms with E-state index >= 15 is 0 Å². The molecule has 3 aromatic rings. The second-order valence-electron chi connectivity index (χ2n) is 6.30. The largest absolute Gasteiger partial charge is 0.508 e. The van der Waals surface area contributed by atoms with E-state index in [1.54, 1.807) is 6.07 Å². The average Bonchev–Trinajstić information content (AvgIpc) is 2.66. The van der Waals surface area contributed by atoms with Crippen LogP contribution in [0.5, 0.6) is 17.2 Å². The highest BCUT2D eigenvalue weighted by Crippen LogP contribution is 2.40. The van der Waals surface area contributed by atoms with Gasteiger partial charge in [0, 0.05) is 17.5 Å². The van der Waals surface area contributed by atoms with Crippen LogP contribution in [0.1, 0.15) is 29.0 Å². The van der Waals surface area contributed by atoms with Crippen LogP contribution in [0, 0.1) is 0 Å². The molecule has 1 aliphatic rings. The molecular weight excluding hydrogens is 328 g/mol. The molecule has 1 aliphatic heterocycles. The third-order valence-electron chi connectivity index (χ3n) is 4.50. The predicted molar refractivity (Wildman–Crippen MR) is 97.4 cm³/mol. The first-order valence-electron chi connectivity index (χ1n) is 8.49. The minimum atomic E-state index is -0.294. The summed E-state index contributed by atoms with van der Waals surface area (Å²) in [5, 5.41) is 9.61. The van der Waals surface area contributed by atoms with Gasteiger partial charge in [0.1, 0.15) is 23.9 Å². The molecule has 1 N–H and O–H groups in total. The Morgan fingerprint density at radius 1 is 1.00 bits per heavy atom. The maximum absolute atomic E-state index is 11.9. The molecule has 4 nitrogen and oxygen atoms in total. The summed E-state index contributed by atoms with van der Waals surface area (Å²) < 4.78 is 11.1. The lowest BCUT2D eigenvalue weighted by Gasteiger charge is -2.25. The molecule has 26 heavy (non-hydrogen) atoms. The number of carbonyl (C=O) groups excluding carboxylic acids is 1. The minimum Gasteiger partial charge on any atom is -0.508 e. The fourth-order valence-corrected chi connectivity index (χ4v) is 3.17. The zero-order chi connectivity index (χ0) is 17.9. The summed E-state index contributed by atoms with van der Waals surface area (Å²) in [5.41, 5.74) is 3.03. The fourth-order valence-electron chi connectivity index (χ4n) is 3.17. The second-order valence-corrected chi connectivity index (χ2v) is 6.30. The minimum absolute atomic E-state index is 0.0851. The number of fused-ring (bicyclic) bond motifs is 1. The third-order valence-corrected chi connectivity index (χ3v) is 4.50. The summed E-state index contributed by atoms with van der Waals surface area (Å²) in [6.07, 6.45) is 0.280. The average molecular weight is 346 g/mol. The van der Waals surface area contributed by atoms with Crippen molar-refractivity contribution in [2.75, 3.05) is 0 Å². The van der Waals surface area contributed by atoms with Crippen LogP contribution < -0.4 is 9.47 Å². The van der Waals surface area contributed by atoms with Gasteiger partial charge in [-0.05, 0) is 29.3 Å². The summed E-state index contributed by atoms with van der Waals surface area (Å²) in [7, 11) is 0. The smallest absolute Gasteiger partial charge is 0.312 e. The highest BCUT2D eigenvalue weighted by atomic mass is 16.5. The quantitative estimate of drug-likeness (QED) is 0.561. The molecule has 130 valence electrons. The standard InChI is InChI=1S/C22H18O4/c23-17-8-11-19-20(13-22(24)26-21(19)12-17)16-6-9-18(10-7-16)25-14-15-4-2-1-3-5-15/h1-12,20,23H,13-14H2. The van der Waals surface area contributed by atoms with E-state index in [9.17, 15) is 9.90 Å². The van der Waals surface area contributed by atoms with Crippen molar-refractivity contribution in [1.29, 1.82) is 0 Å². The molecule has 4 heteroatoms. The molecule has 0 fully saturated rings. The van der Waals surface area contributed by atoms with Gasteiger partial charge >= 0.3 is 5.97 Å². The van der Waals surface area contributed by atoms with Crippen LogP contribution in [0.15, 0.2) is 72.8 Å². The van der Waals surface area contributed by atoms with Gasteiger partial charge in [0.2, 0.25) is 0 Å². The molecule has 4 rings (SSSR count). The SMILES string of the molecule is O=C1CC(c2ccc(OCc3ccccc3)cc2)c2ccc(O)cc2O1. The predicted octanol–water partition coefficient (Wildman–Crippen LogP) is 4.41. The first-order valence-corrected chi connectivity index (χ1v) is 8.49. The molecule has 1 atom stereocenters. The lowest BCUT2D eigenvalue weighted by Crippen LogP contribution is -2.20. The Morgan fingerprint density at radius 2 is 1.77 bits per heavy atom. The van der Waals surface area contributed by atoms with E-state index in [2.05, 4.69) is 0 Å². The molecule has 0 radical (unpaired) electrons. The third kappa shape index (κ3) is 3.40. The topological polar surface area (TPSA) is 55.8 Å². The van der Waals surface area contributed by atoms with Crippen LogP contribution in [0.4, 0.5) is 0 Å². The summed E-state index contributed by atoms with van der Waals surface area (Å²) >= 11 is 0. The highest BCUT2D eigenvalue weighted by molar-refractivity contribution is 5.78. The highest BCUT2D eigenvalue weighted by Gasteiger charge is 2.28. The lowest BCUT2D eigenvalue weighted by atomic mass is 9.86. The fraction of sp³-hybridized carbons (Fsp3) is 0.136. The van der Waals surface area contributed by atoms with Gasteiger partial charge in [-0.25, -0.2) is 0 Å². The Bertz CT molecular complexity index is 917. The zero-order valence-electron chi connectivity index (χ0n) is 14.1. The first kappa shape index (κ1) is 16.2. The van der Waals surface area contributed by atoms with Gasteiger partial charge in [-0.2, -0.15) is 0 Å². The van der Waals surface area contributed by atoms with E-state index < -0.39 is 0 Å². The number of hydrogen-bond acceptors (Lipinski definition) is 4. The van der Waals surface area contributed by atoms with E-state index in [1.165, 1.54) is 6.07 Å². The van der Waals surface area contributed by atoms with Gasteiger partial charge in [-0.1, -0.05) is 48.5 Å². The number of rotatable bonds is 4. The molecule has 0 spiro atoms. The number of benzene rings is 3. The monoisotopic (exact) mass is 346 g/mol. The van der Waals surface area contributed by atoms with E-state index in [4.69, 9.17) is 9.47 Å². The molecule has 0 saturated heterocycles. The Morgan fingerprint density at radius 3 is 2.54 bits per heavy atom. The van der Waals surface area contributed by atoms with Gasteiger partial charge < -0.3 is 14.6 Å². The van der Waals surface area contributed by atoms with Gasteiger partial charge in [0.05, 0.1) is 6.42 Å². The van der Waals surface area contributed by atoms with Crippen molar-refractivity contribution in [2.24, 2.45) is 0 Å². The zero-order valence-corrected chi connectivity index (χ0v) is 14.1. The Balaban J connectivity index is 1.53. The van der Waals surface area contributed by atoms with Crippen LogP contribution in [0.2, 0.25) is 0 Å². The number of phenolic OH excluding ortho intramolecular Hbond substituents is 1. The van der Waals surface area contributed by atoms with Crippen molar-refractivity contribution in [1.82, 2.24) is 0 Å². The normalized spacial score (nSPS) is 15.8. The maximum atomic E-state index is 11.9. The van der Waals surface area contributed by atoms with Crippen LogP contribution in [-0.2, 0) is 11.4 Å². The van der Waals surface area contributed by atoms with Crippen LogP contribution in [0.25, 0.3) is 0 Å². The second kappa shape index (κ2) is 6.92. The summed E-state index contributed by atoms with van der Waals surface area (Å²) in [6.45, 7) is 0.512.